The second-order valence-corrected chi connectivity index (χ2v) is 6.64. The van der Waals surface area contributed by atoms with E-state index in [1.807, 2.05) is 0 Å². The van der Waals surface area contributed by atoms with Crippen LogP contribution in [0.25, 0.3) is 10.9 Å². The molecule has 1 aromatic carbocycles. The Morgan fingerprint density at radius 2 is 1.62 bits per heavy atom. The fourth-order valence-electron chi connectivity index (χ4n) is 3.60. The number of pyridine rings is 1. The zero-order valence-corrected chi connectivity index (χ0v) is 13.7. The third kappa shape index (κ3) is 3.65. The van der Waals surface area contributed by atoms with Crippen molar-refractivity contribution >= 4 is 10.9 Å². The fourth-order valence-corrected chi connectivity index (χ4v) is 3.60. The summed E-state index contributed by atoms with van der Waals surface area (Å²) in [5.74, 6) is -0.273. The standard InChI is InChI=1S/C18H17F6NO/c19-17(20,21)13-8-4-7-11-12(16(26)10-5-2-1-3-6-10)9-14(18(22,23)24)25-15(11)13/h4,7-10,16,26H,1-3,5-6H2. The summed E-state index contributed by atoms with van der Waals surface area (Å²) < 4.78 is 79.4. The highest BCUT2D eigenvalue weighted by Gasteiger charge is 2.38. The highest BCUT2D eigenvalue weighted by molar-refractivity contribution is 5.86. The molecule has 0 bridgehead atoms. The minimum atomic E-state index is -4.91. The van der Waals surface area contributed by atoms with Gasteiger partial charge in [-0.1, -0.05) is 31.4 Å². The number of aliphatic hydroxyl groups excluding tert-OH is 1. The van der Waals surface area contributed by atoms with E-state index < -0.39 is 35.2 Å². The van der Waals surface area contributed by atoms with Crippen LogP contribution < -0.4 is 0 Å². The molecule has 26 heavy (non-hydrogen) atoms. The van der Waals surface area contributed by atoms with Gasteiger partial charge in [0, 0.05) is 5.39 Å². The van der Waals surface area contributed by atoms with Crippen LogP contribution in [-0.4, -0.2) is 10.1 Å². The average Bonchev–Trinajstić information content (AvgIpc) is 2.58. The van der Waals surface area contributed by atoms with Crippen molar-refractivity contribution in [1.29, 1.82) is 0 Å². The lowest BCUT2D eigenvalue weighted by molar-refractivity contribution is -0.142. The van der Waals surface area contributed by atoms with Crippen molar-refractivity contribution in [2.24, 2.45) is 5.92 Å². The molecule has 1 aliphatic carbocycles. The van der Waals surface area contributed by atoms with Gasteiger partial charge in [-0.2, -0.15) is 26.3 Å². The van der Waals surface area contributed by atoms with Crippen molar-refractivity contribution in [1.82, 2.24) is 4.98 Å². The van der Waals surface area contributed by atoms with E-state index in [9.17, 15) is 31.4 Å². The molecule has 1 N–H and O–H groups in total. The normalized spacial score (nSPS) is 18.3. The maximum Gasteiger partial charge on any atom is 0.433 e. The average molecular weight is 377 g/mol. The molecule has 0 radical (unpaired) electrons. The Morgan fingerprint density at radius 1 is 0.962 bits per heavy atom. The molecule has 2 aromatic rings. The first-order chi connectivity index (χ1) is 12.1. The van der Waals surface area contributed by atoms with Crippen molar-refractivity contribution in [2.45, 2.75) is 50.6 Å². The summed E-state index contributed by atoms with van der Waals surface area (Å²) >= 11 is 0. The predicted molar refractivity (Wildman–Crippen MR) is 83.3 cm³/mol. The second-order valence-electron chi connectivity index (χ2n) is 6.64. The van der Waals surface area contributed by atoms with Crippen LogP contribution in [0.5, 0.6) is 0 Å². The number of fused-ring (bicyclic) bond motifs is 1. The topological polar surface area (TPSA) is 33.1 Å². The molecule has 1 atom stereocenters. The fraction of sp³-hybridized carbons (Fsp3) is 0.500. The Balaban J connectivity index is 2.23. The minimum absolute atomic E-state index is 0.0918. The number of alkyl halides is 6. The van der Waals surface area contributed by atoms with Crippen LogP contribution in [0.1, 0.15) is 55.0 Å². The van der Waals surface area contributed by atoms with E-state index >= 15 is 0 Å². The Labute approximate surface area is 145 Å². The molecule has 1 fully saturated rings. The van der Waals surface area contributed by atoms with E-state index in [1.165, 1.54) is 6.07 Å². The van der Waals surface area contributed by atoms with Crippen LogP contribution in [0, 0.1) is 5.92 Å². The third-order valence-electron chi connectivity index (χ3n) is 4.88. The highest BCUT2D eigenvalue weighted by atomic mass is 19.4. The first-order valence-electron chi connectivity index (χ1n) is 8.35. The Morgan fingerprint density at radius 3 is 2.19 bits per heavy atom. The van der Waals surface area contributed by atoms with E-state index in [1.54, 1.807) is 0 Å². The van der Waals surface area contributed by atoms with Crippen molar-refractivity contribution in [3.05, 3.63) is 41.1 Å². The van der Waals surface area contributed by atoms with Crippen LogP contribution in [0.2, 0.25) is 0 Å². The number of rotatable bonds is 2. The van der Waals surface area contributed by atoms with E-state index in [0.29, 0.717) is 25.0 Å². The van der Waals surface area contributed by atoms with Gasteiger partial charge in [0.1, 0.15) is 5.69 Å². The number of aromatic nitrogens is 1. The first kappa shape index (κ1) is 18.9. The molecule has 0 saturated heterocycles. The van der Waals surface area contributed by atoms with Crippen LogP contribution in [-0.2, 0) is 12.4 Å². The van der Waals surface area contributed by atoms with E-state index in [4.69, 9.17) is 0 Å². The molecule has 1 aliphatic rings. The van der Waals surface area contributed by atoms with Gasteiger partial charge in [0.25, 0.3) is 0 Å². The Bertz CT molecular complexity index is 793. The molecular formula is C18H17F6NO. The summed E-state index contributed by atoms with van der Waals surface area (Å²) in [5.41, 5.74) is -3.58. The summed E-state index contributed by atoms with van der Waals surface area (Å²) in [6.07, 6.45) is -7.10. The van der Waals surface area contributed by atoms with Crippen LogP contribution in [0.3, 0.4) is 0 Å². The quantitative estimate of drug-likeness (QED) is 0.663. The number of aliphatic hydroxyl groups is 1. The summed E-state index contributed by atoms with van der Waals surface area (Å²) in [5, 5.41) is 10.6. The zero-order valence-electron chi connectivity index (χ0n) is 13.7. The molecule has 0 amide bonds. The van der Waals surface area contributed by atoms with Crippen molar-refractivity contribution < 1.29 is 31.4 Å². The van der Waals surface area contributed by atoms with Crippen molar-refractivity contribution in [2.75, 3.05) is 0 Å². The molecule has 1 unspecified atom stereocenters. The molecule has 0 spiro atoms. The summed E-state index contributed by atoms with van der Waals surface area (Å²) in [4.78, 5) is 3.24. The van der Waals surface area contributed by atoms with Gasteiger partial charge in [0.2, 0.25) is 0 Å². The molecule has 1 saturated carbocycles. The van der Waals surface area contributed by atoms with Crippen LogP contribution >= 0.6 is 0 Å². The minimum Gasteiger partial charge on any atom is -0.388 e. The maximum absolute atomic E-state index is 13.2. The maximum atomic E-state index is 13.2. The molecule has 3 rings (SSSR count). The summed E-state index contributed by atoms with van der Waals surface area (Å²) in [6.45, 7) is 0. The predicted octanol–water partition coefficient (Wildman–Crippen LogP) is 5.89. The molecular weight excluding hydrogens is 360 g/mol. The van der Waals surface area contributed by atoms with E-state index in [0.717, 1.165) is 25.3 Å². The number of halogens is 6. The summed E-state index contributed by atoms with van der Waals surface area (Å²) in [6, 6.07) is 3.78. The lowest BCUT2D eigenvalue weighted by atomic mass is 9.81. The molecule has 1 aromatic heterocycles. The molecule has 8 heteroatoms. The number of para-hydroxylation sites is 1. The number of nitrogens with zero attached hydrogens (tertiary/aromatic N) is 1. The van der Waals surface area contributed by atoms with Gasteiger partial charge in [-0.3, -0.25) is 0 Å². The highest BCUT2D eigenvalue weighted by Crippen LogP contribution is 2.42. The van der Waals surface area contributed by atoms with Gasteiger partial charge < -0.3 is 5.11 Å². The van der Waals surface area contributed by atoms with Gasteiger partial charge in [-0.05, 0) is 36.5 Å². The third-order valence-corrected chi connectivity index (χ3v) is 4.88. The lowest BCUT2D eigenvalue weighted by Gasteiger charge is -2.28. The number of benzene rings is 1. The zero-order chi connectivity index (χ0) is 19.1. The molecule has 142 valence electrons. The van der Waals surface area contributed by atoms with Gasteiger partial charge in [0.05, 0.1) is 17.2 Å². The van der Waals surface area contributed by atoms with Gasteiger partial charge in [-0.15, -0.1) is 0 Å². The molecule has 1 heterocycles. The lowest BCUT2D eigenvalue weighted by Crippen LogP contribution is -2.19. The number of hydrogen-bond acceptors (Lipinski definition) is 2. The van der Waals surface area contributed by atoms with Gasteiger partial charge in [-0.25, -0.2) is 4.98 Å². The van der Waals surface area contributed by atoms with Crippen LogP contribution in [0.15, 0.2) is 24.3 Å². The monoisotopic (exact) mass is 377 g/mol. The Hall–Kier alpha value is -1.83. The Kier molecular flexibility index (Phi) is 4.90. The van der Waals surface area contributed by atoms with Crippen LogP contribution in [0.4, 0.5) is 26.3 Å². The van der Waals surface area contributed by atoms with E-state index in [2.05, 4.69) is 4.98 Å². The largest absolute Gasteiger partial charge is 0.433 e. The smallest absolute Gasteiger partial charge is 0.388 e. The first-order valence-corrected chi connectivity index (χ1v) is 8.35. The number of hydrogen-bond donors (Lipinski definition) is 1. The SMILES string of the molecule is OC(c1cc(C(F)(F)F)nc2c(C(F)(F)F)cccc12)C1CCCCC1. The van der Waals surface area contributed by atoms with Gasteiger partial charge >= 0.3 is 12.4 Å². The molecule has 2 nitrogen and oxygen atoms in total. The second kappa shape index (κ2) is 6.72. The molecule has 0 aliphatic heterocycles. The van der Waals surface area contributed by atoms with Crippen molar-refractivity contribution in [3.63, 3.8) is 0 Å². The van der Waals surface area contributed by atoms with Gasteiger partial charge in [0.15, 0.2) is 0 Å². The van der Waals surface area contributed by atoms with E-state index in [-0.39, 0.29) is 16.9 Å². The van der Waals surface area contributed by atoms with Crippen molar-refractivity contribution in [3.8, 4) is 0 Å². The summed E-state index contributed by atoms with van der Waals surface area (Å²) in [7, 11) is 0.